The first-order chi connectivity index (χ1) is 7.65. The minimum atomic E-state index is 0.481. The predicted molar refractivity (Wildman–Crippen MR) is 70.7 cm³/mol. The van der Waals surface area contributed by atoms with Crippen LogP contribution < -0.4 is 5.32 Å². The number of halogens is 3. The fourth-order valence-electron chi connectivity index (χ4n) is 1.15. The van der Waals surface area contributed by atoms with Crippen LogP contribution in [0.2, 0.25) is 5.15 Å². The van der Waals surface area contributed by atoms with E-state index in [1.54, 1.807) is 12.3 Å². The Morgan fingerprint density at radius 1 is 1.38 bits per heavy atom. The Bertz CT molecular complexity index is 465. The standard InChI is InChI=1S/C10H7Br2ClN2O/c11-8-3-7(16-10(8)12)5-14-6-1-2-9(13)15-4-6/h1-4,14H,5H2. The van der Waals surface area contributed by atoms with Gasteiger partial charge in [-0.05, 0) is 50.1 Å². The Morgan fingerprint density at radius 3 is 2.75 bits per heavy atom. The molecule has 2 rings (SSSR count). The van der Waals surface area contributed by atoms with E-state index in [0.717, 1.165) is 15.9 Å². The summed E-state index contributed by atoms with van der Waals surface area (Å²) in [5.41, 5.74) is 0.896. The van der Waals surface area contributed by atoms with Gasteiger partial charge in [-0.3, -0.25) is 0 Å². The normalized spacial score (nSPS) is 10.4. The molecule has 0 spiro atoms. The Hall–Kier alpha value is -0.520. The van der Waals surface area contributed by atoms with E-state index in [-0.39, 0.29) is 0 Å². The number of hydrogen-bond acceptors (Lipinski definition) is 3. The fourth-order valence-corrected chi connectivity index (χ4v) is 1.92. The van der Waals surface area contributed by atoms with Crippen LogP contribution in [-0.4, -0.2) is 4.98 Å². The number of anilines is 1. The molecule has 0 fully saturated rings. The Balaban J connectivity index is 1.99. The SMILES string of the molecule is Clc1ccc(NCc2cc(Br)c(Br)o2)cn1. The van der Waals surface area contributed by atoms with Crippen molar-refractivity contribution < 1.29 is 4.42 Å². The van der Waals surface area contributed by atoms with E-state index in [1.807, 2.05) is 12.1 Å². The van der Waals surface area contributed by atoms with Crippen molar-refractivity contribution in [3.63, 3.8) is 0 Å². The maximum absolute atomic E-state index is 5.68. The maximum Gasteiger partial charge on any atom is 0.183 e. The molecule has 0 atom stereocenters. The molecule has 0 amide bonds. The second-order valence-electron chi connectivity index (χ2n) is 3.06. The maximum atomic E-state index is 5.68. The second-order valence-corrected chi connectivity index (χ2v) is 5.02. The van der Waals surface area contributed by atoms with E-state index in [0.29, 0.717) is 16.4 Å². The number of aromatic nitrogens is 1. The Kier molecular flexibility index (Phi) is 3.89. The van der Waals surface area contributed by atoms with Crippen molar-refractivity contribution in [2.45, 2.75) is 6.54 Å². The fraction of sp³-hybridized carbons (Fsp3) is 0.100. The third-order valence-corrected chi connectivity index (χ3v) is 3.82. The summed E-state index contributed by atoms with van der Waals surface area (Å²) in [4.78, 5) is 3.97. The zero-order valence-corrected chi connectivity index (χ0v) is 11.9. The molecule has 2 aromatic rings. The van der Waals surface area contributed by atoms with E-state index >= 15 is 0 Å². The highest BCUT2D eigenvalue weighted by Crippen LogP contribution is 2.27. The third kappa shape index (κ3) is 2.99. The number of nitrogens with zero attached hydrogens (tertiary/aromatic N) is 1. The van der Waals surface area contributed by atoms with Crippen LogP contribution in [0, 0.1) is 0 Å². The zero-order valence-electron chi connectivity index (χ0n) is 8.01. The van der Waals surface area contributed by atoms with Crippen LogP contribution in [-0.2, 0) is 6.54 Å². The van der Waals surface area contributed by atoms with Crippen LogP contribution in [0.25, 0.3) is 0 Å². The van der Waals surface area contributed by atoms with Gasteiger partial charge in [-0.2, -0.15) is 0 Å². The van der Waals surface area contributed by atoms with Gasteiger partial charge in [0.25, 0.3) is 0 Å². The van der Waals surface area contributed by atoms with Gasteiger partial charge in [-0.25, -0.2) is 4.98 Å². The van der Waals surface area contributed by atoms with Crippen molar-refractivity contribution in [3.8, 4) is 0 Å². The van der Waals surface area contributed by atoms with E-state index in [9.17, 15) is 0 Å². The van der Waals surface area contributed by atoms with E-state index in [4.69, 9.17) is 16.0 Å². The zero-order chi connectivity index (χ0) is 11.5. The smallest absolute Gasteiger partial charge is 0.183 e. The number of hydrogen-bond donors (Lipinski definition) is 1. The molecule has 0 saturated heterocycles. The molecule has 2 aromatic heterocycles. The molecule has 0 radical (unpaired) electrons. The number of rotatable bonds is 3. The molecule has 3 nitrogen and oxygen atoms in total. The molecule has 0 bridgehead atoms. The quantitative estimate of drug-likeness (QED) is 0.815. The first-order valence-electron chi connectivity index (χ1n) is 4.44. The Labute approximate surface area is 114 Å². The average Bonchev–Trinajstić information content (AvgIpc) is 2.58. The summed E-state index contributed by atoms with van der Waals surface area (Å²) in [6.07, 6.45) is 1.68. The number of nitrogens with one attached hydrogen (secondary N) is 1. The summed E-state index contributed by atoms with van der Waals surface area (Å²) in [7, 11) is 0. The third-order valence-electron chi connectivity index (χ3n) is 1.89. The van der Waals surface area contributed by atoms with Gasteiger partial charge in [0, 0.05) is 0 Å². The lowest BCUT2D eigenvalue weighted by Gasteiger charge is -2.02. The number of pyridine rings is 1. The van der Waals surface area contributed by atoms with Crippen molar-refractivity contribution in [1.29, 1.82) is 0 Å². The van der Waals surface area contributed by atoms with Gasteiger partial charge in [-0.15, -0.1) is 0 Å². The van der Waals surface area contributed by atoms with Crippen LogP contribution in [0.5, 0.6) is 0 Å². The molecule has 6 heteroatoms. The lowest BCUT2D eigenvalue weighted by atomic mass is 10.4. The van der Waals surface area contributed by atoms with Crippen molar-refractivity contribution in [1.82, 2.24) is 4.98 Å². The molecule has 0 saturated carbocycles. The molecule has 84 valence electrons. The summed E-state index contributed by atoms with van der Waals surface area (Å²) in [5, 5.41) is 3.65. The molecular weight excluding hydrogens is 359 g/mol. The minimum Gasteiger partial charge on any atom is -0.451 e. The molecule has 2 heterocycles. The lowest BCUT2D eigenvalue weighted by molar-refractivity contribution is 0.494. The average molecular weight is 366 g/mol. The van der Waals surface area contributed by atoms with Gasteiger partial charge in [0.1, 0.15) is 10.9 Å². The summed E-state index contributed by atoms with van der Waals surface area (Å²) in [5.74, 6) is 0.828. The first kappa shape index (κ1) is 12.0. The molecular formula is C10H7Br2ClN2O. The lowest BCUT2D eigenvalue weighted by Crippen LogP contribution is -1.98. The Morgan fingerprint density at radius 2 is 2.19 bits per heavy atom. The van der Waals surface area contributed by atoms with Crippen molar-refractivity contribution in [3.05, 3.63) is 44.5 Å². The highest BCUT2D eigenvalue weighted by atomic mass is 79.9. The van der Waals surface area contributed by atoms with Gasteiger partial charge in [0.15, 0.2) is 4.67 Å². The highest BCUT2D eigenvalue weighted by Gasteiger charge is 2.05. The van der Waals surface area contributed by atoms with Crippen molar-refractivity contribution >= 4 is 49.1 Å². The summed E-state index contributed by atoms with van der Waals surface area (Å²) in [6, 6.07) is 5.50. The summed E-state index contributed by atoms with van der Waals surface area (Å²) >= 11 is 12.3. The molecule has 0 aliphatic rings. The second kappa shape index (κ2) is 5.21. The molecule has 1 N–H and O–H groups in total. The van der Waals surface area contributed by atoms with Crippen LogP contribution >= 0.6 is 43.5 Å². The van der Waals surface area contributed by atoms with Crippen molar-refractivity contribution in [2.75, 3.05) is 5.32 Å². The molecule has 0 aliphatic carbocycles. The van der Waals surface area contributed by atoms with Gasteiger partial charge >= 0.3 is 0 Å². The molecule has 0 unspecified atom stereocenters. The van der Waals surface area contributed by atoms with E-state index < -0.39 is 0 Å². The number of furan rings is 1. The summed E-state index contributed by atoms with van der Waals surface area (Å²) < 4.78 is 7.02. The largest absolute Gasteiger partial charge is 0.451 e. The predicted octanol–water partition coefficient (Wildman–Crippen LogP) is 4.47. The van der Waals surface area contributed by atoms with Gasteiger partial charge in [0.05, 0.1) is 22.9 Å². The van der Waals surface area contributed by atoms with Gasteiger partial charge in [0.2, 0.25) is 0 Å². The summed E-state index contributed by atoms with van der Waals surface area (Å²) in [6.45, 7) is 0.591. The van der Waals surface area contributed by atoms with Gasteiger partial charge < -0.3 is 9.73 Å². The van der Waals surface area contributed by atoms with Gasteiger partial charge in [-0.1, -0.05) is 11.6 Å². The molecule has 16 heavy (non-hydrogen) atoms. The van der Waals surface area contributed by atoms with E-state index in [2.05, 4.69) is 42.2 Å². The minimum absolute atomic E-state index is 0.481. The van der Waals surface area contributed by atoms with Crippen LogP contribution in [0.15, 0.2) is 38.0 Å². The first-order valence-corrected chi connectivity index (χ1v) is 6.40. The topological polar surface area (TPSA) is 38.1 Å². The van der Waals surface area contributed by atoms with Crippen LogP contribution in [0.4, 0.5) is 5.69 Å². The van der Waals surface area contributed by atoms with Crippen LogP contribution in [0.1, 0.15) is 5.76 Å². The molecule has 0 aromatic carbocycles. The monoisotopic (exact) mass is 364 g/mol. The van der Waals surface area contributed by atoms with Crippen molar-refractivity contribution in [2.24, 2.45) is 0 Å². The molecule has 0 aliphatic heterocycles. The van der Waals surface area contributed by atoms with E-state index in [1.165, 1.54) is 0 Å². The van der Waals surface area contributed by atoms with Crippen LogP contribution in [0.3, 0.4) is 0 Å². The highest BCUT2D eigenvalue weighted by molar-refractivity contribution is 9.13.